The fraction of sp³-hybridized carbons (Fsp3) is 0.571. The van der Waals surface area contributed by atoms with Gasteiger partial charge in [-0.05, 0) is 50.3 Å². The summed E-state index contributed by atoms with van der Waals surface area (Å²) in [7, 11) is 3.21. The third kappa shape index (κ3) is 3.57. The Labute approximate surface area is 159 Å². The van der Waals surface area contributed by atoms with Crippen LogP contribution in [0.5, 0.6) is 11.5 Å². The molecular weight excluding hydrogens is 344 g/mol. The van der Waals surface area contributed by atoms with Gasteiger partial charge in [0, 0.05) is 23.3 Å². The maximum absolute atomic E-state index is 12.6. The van der Waals surface area contributed by atoms with Crippen LogP contribution in [-0.2, 0) is 4.79 Å². The van der Waals surface area contributed by atoms with Gasteiger partial charge in [0.2, 0.25) is 11.7 Å². The summed E-state index contributed by atoms with van der Waals surface area (Å²) in [5, 5.41) is 4.16. The molecule has 0 bridgehead atoms. The predicted octanol–water partition coefficient (Wildman–Crippen LogP) is 4.40. The molecule has 0 amide bonds. The van der Waals surface area contributed by atoms with Gasteiger partial charge in [-0.25, -0.2) is 0 Å². The van der Waals surface area contributed by atoms with Crippen molar-refractivity contribution < 1.29 is 18.8 Å². The van der Waals surface area contributed by atoms with Crippen molar-refractivity contribution in [3.63, 3.8) is 0 Å². The molecule has 2 aromatic rings. The largest absolute Gasteiger partial charge is 0.493 e. The Balaban J connectivity index is 1.49. The topological polar surface area (TPSA) is 74.5 Å². The van der Waals surface area contributed by atoms with E-state index in [1.807, 2.05) is 18.2 Å². The van der Waals surface area contributed by atoms with Crippen LogP contribution in [0.25, 0.3) is 11.4 Å². The summed E-state index contributed by atoms with van der Waals surface area (Å²) in [5.74, 6) is 3.58. The molecule has 2 aliphatic carbocycles. The summed E-state index contributed by atoms with van der Waals surface area (Å²) in [4.78, 5) is 17.2. The molecule has 4 rings (SSSR count). The molecule has 2 atom stereocenters. The minimum absolute atomic E-state index is 0.158. The minimum atomic E-state index is 0.158. The molecule has 0 N–H and O–H groups in total. The highest BCUT2D eigenvalue weighted by Gasteiger charge is 2.36. The summed E-state index contributed by atoms with van der Waals surface area (Å²) in [6.45, 7) is 0. The monoisotopic (exact) mass is 370 g/mol. The zero-order chi connectivity index (χ0) is 18.8. The molecule has 6 heteroatoms. The Hall–Kier alpha value is -2.37. The first-order valence-corrected chi connectivity index (χ1v) is 9.79. The van der Waals surface area contributed by atoms with Crippen molar-refractivity contribution in [2.45, 2.75) is 50.9 Å². The van der Waals surface area contributed by atoms with Crippen molar-refractivity contribution in [2.75, 3.05) is 14.2 Å². The summed E-state index contributed by atoms with van der Waals surface area (Å²) >= 11 is 0. The number of carbonyl (C=O) groups is 1. The first-order valence-electron chi connectivity index (χ1n) is 9.79. The van der Waals surface area contributed by atoms with Gasteiger partial charge in [0.1, 0.15) is 5.78 Å². The number of rotatable bonds is 6. The average Bonchev–Trinajstić information content (AvgIpc) is 3.16. The highest BCUT2D eigenvalue weighted by Crippen LogP contribution is 2.40. The van der Waals surface area contributed by atoms with Crippen molar-refractivity contribution in [3.8, 4) is 22.9 Å². The maximum atomic E-state index is 12.6. The second kappa shape index (κ2) is 7.71. The molecule has 1 heterocycles. The van der Waals surface area contributed by atoms with Gasteiger partial charge in [-0.1, -0.05) is 18.0 Å². The van der Waals surface area contributed by atoms with Crippen molar-refractivity contribution >= 4 is 5.78 Å². The maximum Gasteiger partial charge on any atom is 0.230 e. The number of methoxy groups -OCH3 is 2. The molecule has 0 radical (unpaired) electrons. The summed E-state index contributed by atoms with van der Waals surface area (Å²) in [6.07, 6.45) is 7.23. The molecule has 6 nitrogen and oxygen atoms in total. The van der Waals surface area contributed by atoms with E-state index in [0.717, 1.165) is 44.1 Å². The van der Waals surface area contributed by atoms with Crippen LogP contribution < -0.4 is 9.47 Å². The van der Waals surface area contributed by atoms with Crippen LogP contribution >= 0.6 is 0 Å². The Morgan fingerprint density at radius 3 is 2.48 bits per heavy atom. The SMILES string of the molecule is COc1ccc(-c2noc(C3CCCC(C(=O)C4CCC4)C3)n2)cc1OC. The Morgan fingerprint density at radius 1 is 1.04 bits per heavy atom. The lowest BCUT2D eigenvalue weighted by Gasteiger charge is -2.32. The van der Waals surface area contributed by atoms with Gasteiger partial charge in [-0.15, -0.1) is 0 Å². The zero-order valence-electron chi connectivity index (χ0n) is 15.9. The summed E-state index contributed by atoms with van der Waals surface area (Å²) < 4.78 is 16.2. The number of aromatic nitrogens is 2. The van der Waals surface area contributed by atoms with E-state index in [4.69, 9.17) is 14.0 Å². The van der Waals surface area contributed by atoms with Gasteiger partial charge in [-0.3, -0.25) is 4.79 Å². The number of carbonyl (C=O) groups excluding carboxylic acids is 1. The Bertz CT molecular complexity index is 812. The van der Waals surface area contributed by atoms with Crippen LogP contribution in [0.4, 0.5) is 0 Å². The van der Waals surface area contributed by atoms with Gasteiger partial charge < -0.3 is 14.0 Å². The second-order valence-electron chi connectivity index (χ2n) is 7.62. The van der Waals surface area contributed by atoms with Crippen LogP contribution in [0.1, 0.15) is 56.8 Å². The quantitative estimate of drug-likeness (QED) is 0.750. The summed E-state index contributed by atoms with van der Waals surface area (Å²) in [5.41, 5.74) is 0.820. The van der Waals surface area contributed by atoms with Crippen LogP contribution in [0, 0.1) is 11.8 Å². The number of Topliss-reactive ketones (excluding diaryl/α,β-unsaturated/α-hetero) is 1. The van der Waals surface area contributed by atoms with E-state index in [2.05, 4.69) is 10.1 Å². The van der Waals surface area contributed by atoms with E-state index < -0.39 is 0 Å². The highest BCUT2D eigenvalue weighted by molar-refractivity contribution is 5.84. The number of benzene rings is 1. The molecule has 27 heavy (non-hydrogen) atoms. The fourth-order valence-corrected chi connectivity index (χ4v) is 4.19. The zero-order valence-corrected chi connectivity index (χ0v) is 15.9. The van der Waals surface area contributed by atoms with E-state index in [0.29, 0.717) is 34.9 Å². The first kappa shape index (κ1) is 18.0. The smallest absolute Gasteiger partial charge is 0.230 e. The van der Waals surface area contributed by atoms with Crippen molar-refractivity contribution in [2.24, 2.45) is 11.8 Å². The molecular formula is C21H26N2O4. The van der Waals surface area contributed by atoms with E-state index in [-0.39, 0.29) is 11.8 Å². The molecule has 0 spiro atoms. The van der Waals surface area contributed by atoms with Gasteiger partial charge in [0.15, 0.2) is 11.5 Å². The molecule has 2 unspecified atom stereocenters. The van der Waals surface area contributed by atoms with E-state index >= 15 is 0 Å². The molecule has 2 saturated carbocycles. The van der Waals surface area contributed by atoms with E-state index in [1.54, 1.807) is 14.2 Å². The van der Waals surface area contributed by atoms with Crippen molar-refractivity contribution in [1.82, 2.24) is 10.1 Å². The predicted molar refractivity (Wildman–Crippen MR) is 99.9 cm³/mol. The van der Waals surface area contributed by atoms with Crippen LogP contribution in [0.2, 0.25) is 0 Å². The van der Waals surface area contributed by atoms with Crippen molar-refractivity contribution in [1.29, 1.82) is 0 Å². The first-order chi connectivity index (χ1) is 13.2. The third-order valence-electron chi connectivity index (χ3n) is 6.02. The number of hydrogen-bond acceptors (Lipinski definition) is 6. The summed E-state index contributed by atoms with van der Waals surface area (Å²) in [6, 6.07) is 5.56. The number of ether oxygens (including phenoxy) is 2. The van der Waals surface area contributed by atoms with Gasteiger partial charge in [0.05, 0.1) is 14.2 Å². The Kier molecular flexibility index (Phi) is 5.14. The van der Waals surface area contributed by atoms with Gasteiger partial charge in [-0.2, -0.15) is 4.98 Å². The average molecular weight is 370 g/mol. The fourth-order valence-electron chi connectivity index (χ4n) is 4.19. The second-order valence-corrected chi connectivity index (χ2v) is 7.62. The highest BCUT2D eigenvalue weighted by atomic mass is 16.5. The number of nitrogens with zero attached hydrogens (tertiary/aromatic N) is 2. The Morgan fingerprint density at radius 2 is 1.78 bits per heavy atom. The van der Waals surface area contributed by atoms with Crippen molar-refractivity contribution in [3.05, 3.63) is 24.1 Å². The minimum Gasteiger partial charge on any atom is -0.493 e. The van der Waals surface area contributed by atoms with Gasteiger partial charge >= 0.3 is 0 Å². The number of ketones is 1. The van der Waals surface area contributed by atoms with E-state index in [9.17, 15) is 4.79 Å². The van der Waals surface area contributed by atoms with E-state index in [1.165, 1.54) is 6.42 Å². The molecule has 1 aromatic heterocycles. The van der Waals surface area contributed by atoms with Crippen LogP contribution in [0.15, 0.2) is 22.7 Å². The van der Waals surface area contributed by atoms with Gasteiger partial charge in [0.25, 0.3) is 0 Å². The number of hydrogen-bond donors (Lipinski definition) is 0. The molecule has 144 valence electrons. The normalized spacial score (nSPS) is 22.9. The molecule has 1 aromatic carbocycles. The standard InChI is InChI=1S/C21H26N2O4/c1-25-17-10-9-15(12-18(17)26-2)20-22-21(27-23-20)16-8-4-7-14(11-16)19(24)13-5-3-6-13/h9-10,12-14,16H,3-8,11H2,1-2H3. The molecule has 2 fully saturated rings. The molecule has 0 aliphatic heterocycles. The van der Waals surface area contributed by atoms with Crippen LogP contribution in [0.3, 0.4) is 0 Å². The molecule has 0 saturated heterocycles. The van der Waals surface area contributed by atoms with Crippen LogP contribution in [-0.4, -0.2) is 30.1 Å². The lowest BCUT2D eigenvalue weighted by molar-refractivity contribution is -0.130. The lowest BCUT2D eigenvalue weighted by Crippen LogP contribution is -2.31. The molecule has 2 aliphatic rings. The lowest BCUT2D eigenvalue weighted by atomic mass is 9.71. The third-order valence-corrected chi connectivity index (χ3v) is 6.02.